The molecular formula is C20H20N6S. The molecule has 7 heteroatoms. The third-order valence-electron chi connectivity index (χ3n) is 4.43. The summed E-state index contributed by atoms with van der Waals surface area (Å²) >= 11 is 1.70. The Hall–Kier alpha value is -3.06. The number of thioether (sulfide) groups is 1. The minimum Gasteiger partial charge on any atom is -0.329 e. The molecule has 2 N–H and O–H groups in total. The Labute approximate surface area is 162 Å². The first-order valence-electron chi connectivity index (χ1n) is 8.56. The molecule has 2 aromatic heterocycles. The van der Waals surface area contributed by atoms with Gasteiger partial charge in [-0.15, -0.1) is 11.8 Å². The lowest BCUT2D eigenvalue weighted by Gasteiger charge is -2.19. The SMILES string of the molecule is CSc1cccc(Nc2nccc(N(C)c3ccc4c(C)[nH]nc4c3)n2)c1. The van der Waals surface area contributed by atoms with E-state index in [0.717, 1.165) is 33.8 Å². The van der Waals surface area contributed by atoms with E-state index in [9.17, 15) is 0 Å². The Kier molecular flexibility index (Phi) is 4.68. The number of benzene rings is 2. The van der Waals surface area contributed by atoms with Gasteiger partial charge in [0.15, 0.2) is 0 Å². The second-order valence-corrected chi connectivity index (χ2v) is 7.08. The first-order chi connectivity index (χ1) is 13.1. The molecular weight excluding hydrogens is 356 g/mol. The molecule has 0 unspecified atom stereocenters. The number of rotatable bonds is 5. The molecule has 0 atom stereocenters. The molecule has 0 aliphatic rings. The third kappa shape index (κ3) is 3.59. The fraction of sp³-hybridized carbons (Fsp3) is 0.150. The van der Waals surface area contributed by atoms with Crippen molar-refractivity contribution in [2.75, 3.05) is 23.5 Å². The lowest BCUT2D eigenvalue weighted by molar-refractivity contribution is 1.06. The van der Waals surface area contributed by atoms with Crippen LogP contribution in [0.2, 0.25) is 0 Å². The van der Waals surface area contributed by atoms with Gasteiger partial charge in [0.25, 0.3) is 0 Å². The maximum Gasteiger partial charge on any atom is 0.229 e. The highest BCUT2D eigenvalue weighted by Gasteiger charge is 2.10. The van der Waals surface area contributed by atoms with Gasteiger partial charge >= 0.3 is 0 Å². The van der Waals surface area contributed by atoms with E-state index in [-0.39, 0.29) is 0 Å². The Morgan fingerprint density at radius 2 is 2.00 bits per heavy atom. The van der Waals surface area contributed by atoms with Crippen molar-refractivity contribution in [3.8, 4) is 0 Å². The number of nitrogens with zero attached hydrogens (tertiary/aromatic N) is 4. The van der Waals surface area contributed by atoms with Crippen molar-refractivity contribution in [1.29, 1.82) is 0 Å². The lowest BCUT2D eigenvalue weighted by atomic mass is 10.2. The van der Waals surface area contributed by atoms with Crippen LogP contribution in [0.25, 0.3) is 10.9 Å². The van der Waals surface area contributed by atoms with Crippen molar-refractivity contribution in [2.45, 2.75) is 11.8 Å². The average molecular weight is 376 g/mol. The first-order valence-corrected chi connectivity index (χ1v) is 9.79. The predicted molar refractivity (Wildman–Crippen MR) is 112 cm³/mol. The van der Waals surface area contributed by atoms with Gasteiger partial charge in [-0.25, -0.2) is 4.98 Å². The quantitative estimate of drug-likeness (QED) is 0.483. The molecule has 4 rings (SSSR count). The summed E-state index contributed by atoms with van der Waals surface area (Å²) < 4.78 is 0. The molecule has 6 nitrogen and oxygen atoms in total. The number of aromatic nitrogens is 4. The summed E-state index contributed by atoms with van der Waals surface area (Å²) in [7, 11) is 1.99. The standard InChI is InChI=1S/C20H20N6S/c1-13-17-8-7-15(12-18(17)25-24-13)26(2)19-9-10-21-20(23-19)22-14-5-4-6-16(11-14)27-3/h4-12H,1-3H3,(H,24,25)(H,21,22,23). The zero-order valence-corrected chi connectivity index (χ0v) is 16.2. The molecule has 27 heavy (non-hydrogen) atoms. The zero-order valence-electron chi connectivity index (χ0n) is 15.4. The van der Waals surface area contributed by atoms with E-state index in [0.29, 0.717) is 5.95 Å². The van der Waals surface area contributed by atoms with Crippen molar-refractivity contribution in [1.82, 2.24) is 20.2 Å². The molecule has 0 bridgehead atoms. The fourth-order valence-corrected chi connectivity index (χ4v) is 3.36. The number of hydrogen-bond acceptors (Lipinski definition) is 6. The highest BCUT2D eigenvalue weighted by molar-refractivity contribution is 7.98. The van der Waals surface area contributed by atoms with Crippen molar-refractivity contribution >= 4 is 45.8 Å². The van der Waals surface area contributed by atoms with Crippen LogP contribution in [0.1, 0.15) is 5.69 Å². The normalized spacial score (nSPS) is 10.9. The summed E-state index contributed by atoms with van der Waals surface area (Å²) in [6.45, 7) is 2.02. The second-order valence-electron chi connectivity index (χ2n) is 6.20. The van der Waals surface area contributed by atoms with Gasteiger partial charge in [-0.1, -0.05) is 6.07 Å². The van der Waals surface area contributed by atoms with E-state index in [1.807, 2.05) is 37.1 Å². The number of aryl methyl sites for hydroxylation is 1. The van der Waals surface area contributed by atoms with Crippen LogP contribution in [-0.4, -0.2) is 33.5 Å². The molecule has 4 aromatic rings. The van der Waals surface area contributed by atoms with Crippen molar-refractivity contribution in [3.05, 3.63) is 60.4 Å². The topological polar surface area (TPSA) is 69.7 Å². The van der Waals surface area contributed by atoms with E-state index < -0.39 is 0 Å². The highest BCUT2D eigenvalue weighted by atomic mass is 32.2. The molecule has 0 fully saturated rings. The van der Waals surface area contributed by atoms with Crippen LogP contribution >= 0.6 is 11.8 Å². The van der Waals surface area contributed by atoms with Crippen molar-refractivity contribution in [3.63, 3.8) is 0 Å². The van der Waals surface area contributed by atoms with Crippen LogP contribution in [0, 0.1) is 6.92 Å². The summed E-state index contributed by atoms with van der Waals surface area (Å²) in [4.78, 5) is 12.2. The Balaban J connectivity index is 1.60. The minimum absolute atomic E-state index is 0.564. The third-order valence-corrected chi connectivity index (χ3v) is 5.15. The van der Waals surface area contributed by atoms with E-state index in [1.165, 1.54) is 4.90 Å². The molecule has 0 saturated carbocycles. The number of anilines is 4. The van der Waals surface area contributed by atoms with E-state index in [4.69, 9.17) is 0 Å². The second kappa shape index (κ2) is 7.28. The number of fused-ring (bicyclic) bond motifs is 1. The van der Waals surface area contributed by atoms with Gasteiger partial charge in [0.1, 0.15) is 5.82 Å². The minimum atomic E-state index is 0.564. The van der Waals surface area contributed by atoms with Crippen LogP contribution in [0.5, 0.6) is 0 Å². The number of nitrogens with one attached hydrogen (secondary N) is 2. The van der Waals surface area contributed by atoms with Gasteiger partial charge < -0.3 is 10.2 Å². The van der Waals surface area contributed by atoms with E-state index in [1.54, 1.807) is 18.0 Å². The molecule has 0 radical (unpaired) electrons. The van der Waals surface area contributed by atoms with Crippen molar-refractivity contribution in [2.24, 2.45) is 0 Å². The summed E-state index contributed by atoms with van der Waals surface area (Å²) in [5.74, 6) is 1.37. The summed E-state index contributed by atoms with van der Waals surface area (Å²) in [6, 6.07) is 16.3. The number of aromatic amines is 1. The maximum absolute atomic E-state index is 4.65. The van der Waals surface area contributed by atoms with Gasteiger partial charge in [0.2, 0.25) is 5.95 Å². The summed E-state index contributed by atoms with van der Waals surface area (Å²) in [5.41, 5.74) is 4.00. The fourth-order valence-electron chi connectivity index (χ4n) is 2.90. The lowest BCUT2D eigenvalue weighted by Crippen LogP contribution is -2.12. The van der Waals surface area contributed by atoms with Crippen LogP contribution < -0.4 is 10.2 Å². The molecule has 0 saturated heterocycles. The molecule has 0 amide bonds. The van der Waals surface area contributed by atoms with Crippen molar-refractivity contribution < 1.29 is 0 Å². The Morgan fingerprint density at radius 1 is 1.11 bits per heavy atom. The monoisotopic (exact) mass is 376 g/mol. The van der Waals surface area contributed by atoms with Crippen LogP contribution in [0.15, 0.2) is 59.6 Å². The van der Waals surface area contributed by atoms with Crippen LogP contribution in [-0.2, 0) is 0 Å². The van der Waals surface area contributed by atoms with Gasteiger partial charge in [-0.3, -0.25) is 5.10 Å². The first kappa shape index (κ1) is 17.4. The number of hydrogen-bond donors (Lipinski definition) is 2. The molecule has 0 aliphatic heterocycles. The summed E-state index contributed by atoms with van der Waals surface area (Å²) in [5, 5.41) is 11.8. The molecule has 0 spiro atoms. The van der Waals surface area contributed by atoms with Gasteiger partial charge in [0, 0.05) is 40.6 Å². The predicted octanol–water partition coefficient (Wildman–Crippen LogP) is 4.89. The smallest absolute Gasteiger partial charge is 0.229 e. The van der Waals surface area contributed by atoms with Gasteiger partial charge in [-0.2, -0.15) is 10.1 Å². The van der Waals surface area contributed by atoms with Gasteiger partial charge in [0.05, 0.1) is 5.52 Å². The van der Waals surface area contributed by atoms with Gasteiger partial charge in [-0.05, 0) is 55.6 Å². The Bertz CT molecular complexity index is 1090. The molecule has 2 heterocycles. The van der Waals surface area contributed by atoms with Crippen LogP contribution in [0.3, 0.4) is 0 Å². The Morgan fingerprint density at radius 3 is 2.85 bits per heavy atom. The highest BCUT2D eigenvalue weighted by Crippen LogP contribution is 2.27. The van der Waals surface area contributed by atoms with Crippen LogP contribution in [0.4, 0.5) is 23.1 Å². The average Bonchev–Trinajstić information content (AvgIpc) is 3.08. The largest absolute Gasteiger partial charge is 0.329 e. The van der Waals surface area contributed by atoms with E-state index in [2.05, 4.69) is 62.1 Å². The molecule has 0 aliphatic carbocycles. The molecule has 2 aromatic carbocycles. The summed E-state index contributed by atoms with van der Waals surface area (Å²) in [6.07, 6.45) is 3.82. The number of H-pyrrole nitrogens is 1. The molecule has 136 valence electrons. The maximum atomic E-state index is 4.65. The van der Waals surface area contributed by atoms with E-state index >= 15 is 0 Å². The zero-order chi connectivity index (χ0) is 18.8.